The van der Waals surface area contributed by atoms with Crippen molar-refractivity contribution in [3.63, 3.8) is 0 Å². The Morgan fingerprint density at radius 2 is 1.65 bits per heavy atom. The fourth-order valence-electron chi connectivity index (χ4n) is 3.39. The molecule has 0 fully saturated rings. The minimum atomic E-state index is -0.454. The van der Waals surface area contributed by atoms with Gasteiger partial charge in [-0.1, -0.05) is 69.3 Å². The van der Waals surface area contributed by atoms with E-state index in [9.17, 15) is 9.59 Å². The van der Waals surface area contributed by atoms with Crippen molar-refractivity contribution in [1.29, 1.82) is 0 Å². The maximum absolute atomic E-state index is 13.1. The van der Waals surface area contributed by atoms with Crippen LogP contribution >= 0.6 is 0 Å². The quantitative estimate of drug-likeness (QED) is 0.483. The summed E-state index contributed by atoms with van der Waals surface area (Å²) in [5.41, 5.74) is 1.16. The molecule has 1 N–H and O–H groups in total. The first-order valence-corrected chi connectivity index (χ1v) is 11.3. The SMILES string of the molecule is CC[C@H](C(=O)NCC(C)C)N(CCc1ccccc1)C(=O)CCCOc1ccccc1. The number of carbonyl (C=O) groups is 2. The van der Waals surface area contributed by atoms with Crippen LogP contribution in [0.1, 0.15) is 45.6 Å². The Morgan fingerprint density at radius 3 is 2.26 bits per heavy atom. The number of hydrogen-bond donors (Lipinski definition) is 1. The number of nitrogens with one attached hydrogen (secondary N) is 1. The van der Waals surface area contributed by atoms with Crippen molar-refractivity contribution < 1.29 is 14.3 Å². The number of para-hydroxylation sites is 1. The molecule has 0 saturated heterocycles. The van der Waals surface area contributed by atoms with Crippen LogP contribution in [0.5, 0.6) is 5.75 Å². The largest absolute Gasteiger partial charge is 0.494 e. The van der Waals surface area contributed by atoms with Crippen molar-refractivity contribution in [3.05, 3.63) is 66.2 Å². The normalized spacial score (nSPS) is 11.7. The molecular formula is C26H36N2O3. The summed E-state index contributed by atoms with van der Waals surface area (Å²) in [5, 5.41) is 3.00. The number of ether oxygens (including phenoxy) is 1. The van der Waals surface area contributed by atoms with Gasteiger partial charge < -0.3 is 15.0 Å². The number of benzene rings is 2. The molecule has 0 aliphatic heterocycles. The van der Waals surface area contributed by atoms with Gasteiger partial charge in [0, 0.05) is 19.5 Å². The van der Waals surface area contributed by atoms with Crippen LogP contribution in [-0.2, 0) is 16.0 Å². The summed E-state index contributed by atoms with van der Waals surface area (Å²) in [5.74, 6) is 1.10. The fraction of sp³-hybridized carbons (Fsp3) is 0.462. The molecule has 0 aromatic heterocycles. The third-order valence-electron chi connectivity index (χ3n) is 5.10. The van der Waals surface area contributed by atoms with Crippen LogP contribution in [0.3, 0.4) is 0 Å². The van der Waals surface area contributed by atoms with E-state index in [-0.39, 0.29) is 11.8 Å². The van der Waals surface area contributed by atoms with Crippen molar-refractivity contribution in [2.24, 2.45) is 5.92 Å². The molecule has 5 nitrogen and oxygen atoms in total. The van der Waals surface area contributed by atoms with E-state index in [2.05, 4.69) is 31.3 Å². The zero-order valence-electron chi connectivity index (χ0n) is 19.0. The topological polar surface area (TPSA) is 58.6 Å². The van der Waals surface area contributed by atoms with Gasteiger partial charge in [-0.2, -0.15) is 0 Å². The average Bonchev–Trinajstić information content (AvgIpc) is 2.79. The van der Waals surface area contributed by atoms with Gasteiger partial charge >= 0.3 is 0 Å². The first-order valence-electron chi connectivity index (χ1n) is 11.3. The van der Waals surface area contributed by atoms with Crippen molar-refractivity contribution in [1.82, 2.24) is 10.2 Å². The highest BCUT2D eigenvalue weighted by Crippen LogP contribution is 2.13. The lowest BCUT2D eigenvalue weighted by Gasteiger charge is -2.31. The highest BCUT2D eigenvalue weighted by atomic mass is 16.5. The predicted octanol–water partition coefficient (Wildman–Crippen LogP) is 4.47. The number of amides is 2. The monoisotopic (exact) mass is 424 g/mol. The predicted molar refractivity (Wildman–Crippen MR) is 125 cm³/mol. The van der Waals surface area contributed by atoms with E-state index in [1.807, 2.05) is 55.5 Å². The summed E-state index contributed by atoms with van der Waals surface area (Å²) >= 11 is 0. The highest BCUT2D eigenvalue weighted by Gasteiger charge is 2.27. The van der Waals surface area contributed by atoms with Crippen LogP contribution in [-0.4, -0.2) is 42.5 Å². The lowest BCUT2D eigenvalue weighted by Crippen LogP contribution is -2.50. The van der Waals surface area contributed by atoms with E-state index < -0.39 is 6.04 Å². The molecular weight excluding hydrogens is 388 g/mol. The molecule has 0 spiro atoms. The van der Waals surface area contributed by atoms with Gasteiger partial charge in [-0.15, -0.1) is 0 Å². The molecule has 31 heavy (non-hydrogen) atoms. The molecule has 2 rings (SSSR count). The van der Waals surface area contributed by atoms with Crippen molar-refractivity contribution in [3.8, 4) is 5.75 Å². The summed E-state index contributed by atoms with van der Waals surface area (Å²) in [6.07, 6.45) is 2.28. The summed E-state index contributed by atoms with van der Waals surface area (Å²) in [6, 6.07) is 19.2. The second-order valence-corrected chi connectivity index (χ2v) is 8.15. The Kier molecular flexibility index (Phi) is 10.6. The lowest BCUT2D eigenvalue weighted by atomic mass is 10.1. The Bertz CT molecular complexity index is 778. The second-order valence-electron chi connectivity index (χ2n) is 8.15. The van der Waals surface area contributed by atoms with E-state index in [1.54, 1.807) is 4.90 Å². The number of carbonyl (C=O) groups excluding carboxylic acids is 2. The maximum Gasteiger partial charge on any atom is 0.242 e. The van der Waals surface area contributed by atoms with Gasteiger partial charge in [-0.3, -0.25) is 9.59 Å². The molecule has 0 saturated carbocycles. The first kappa shape index (κ1) is 24.4. The van der Waals surface area contributed by atoms with Crippen molar-refractivity contribution >= 4 is 11.8 Å². The molecule has 2 amide bonds. The van der Waals surface area contributed by atoms with Gasteiger partial charge in [-0.25, -0.2) is 0 Å². The standard InChI is InChI=1S/C26H36N2O3/c1-4-24(26(30)27-20-21(2)3)28(18-17-22-12-7-5-8-13-22)25(29)16-11-19-31-23-14-9-6-10-15-23/h5-10,12-15,21,24H,4,11,16-20H2,1-3H3,(H,27,30)/t24-/m1/s1. The van der Waals surface area contributed by atoms with Gasteiger partial charge in [0.15, 0.2) is 0 Å². The summed E-state index contributed by atoms with van der Waals surface area (Å²) in [6.45, 7) is 7.69. The molecule has 0 unspecified atom stereocenters. The second kappa shape index (κ2) is 13.5. The summed E-state index contributed by atoms with van der Waals surface area (Å²) in [7, 11) is 0. The molecule has 0 aliphatic rings. The Labute approximate surface area is 186 Å². The van der Waals surface area contributed by atoms with Crippen LogP contribution in [0.25, 0.3) is 0 Å². The van der Waals surface area contributed by atoms with E-state index in [0.29, 0.717) is 44.9 Å². The Hall–Kier alpha value is -2.82. The van der Waals surface area contributed by atoms with E-state index >= 15 is 0 Å². The van der Waals surface area contributed by atoms with Crippen LogP contribution in [0.4, 0.5) is 0 Å². The summed E-state index contributed by atoms with van der Waals surface area (Å²) < 4.78 is 5.71. The smallest absolute Gasteiger partial charge is 0.242 e. The number of rotatable bonds is 13. The minimum absolute atomic E-state index is 0.000797. The van der Waals surface area contributed by atoms with Gasteiger partial charge in [0.2, 0.25) is 11.8 Å². The molecule has 0 heterocycles. The minimum Gasteiger partial charge on any atom is -0.494 e. The van der Waals surface area contributed by atoms with Gasteiger partial charge in [-0.05, 0) is 42.9 Å². The third-order valence-corrected chi connectivity index (χ3v) is 5.10. The van der Waals surface area contributed by atoms with Gasteiger partial charge in [0.1, 0.15) is 11.8 Å². The molecule has 168 valence electrons. The van der Waals surface area contributed by atoms with E-state index in [1.165, 1.54) is 0 Å². The van der Waals surface area contributed by atoms with Crippen molar-refractivity contribution in [2.75, 3.05) is 19.7 Å². The van der Waals surface area contributed by atoms with E-state index in [4.69, 9.17) is 4.74 Å². The van der Waals surface area contributed by atoms with Crippen LogP contribution in [0.15, 0.2) is 60.7 Å². The molecule has 0 aliphatic carbocycles. The molecule has 2 aromatic rings. The Balaban J connectivity index is 1.98. The zero-order valence-corrected chi connectivity index (χ0v) is 19.0. The maximum atomic E-state index is 13.1. The van der Waals surface area contributed by atoms with Gasteiger partial charge in [0.05, 0.1) is 6.61 Å². The number of hydrogen-bond acceptors (Lipinski definition) is 3. The van der Waals surface area contributed by atoms with E-state index in [0.717, 1.165) is 17.7 Å². The summed E-state index contributed by atoms with van der Waals surface area (Å²) in [4.78, 5) is 27.7. The van der Waals surface area contributed by atoms with Crippen LogP contribution in [0.2, 0.25) is 0 Å². The van der Waals surface area contributed by atoms with Crippen LogP contribution in [0, 0.1) is 5.92 Å². The average molecular weight is 425 g/mol. The molecule has 0 radical (unpaired) electrons. The number of nitrogens with zero attached hydrogens (tertiary/aromatic N) is 1. The highest BCUT2D eigenvalue weighted by molar-refractivity contribution is 5.87. The van der Waals surface area contributed by atoms with Gasteiger partial charge in [0.25, 0.3) is 0 Å². The molecule has 5 heteroatoms. The van der Waals surface area contributed by atoms with Crippen LogP contribution < -0.4 is 10.1 Å². The lowest BCUT2D eigenvalue weighted by molar-refractivity contribution is -0.140. The fourth-order valence-corrected chi connectivity index (χ4v) is 3.39. The molecule has 1 atom stereocenters. The Morgan fingerprint density at radius 1 is 1.00 bits per heavy atom. The first-order chi connectivity index (χ1) is 15.0. The molecule has 2 aromatic carbocycles. The third kappa shape index (κ3) is 8.83. The zero-order chi connectivity index (χ0) is 22.5. The molecule has 0 bridgehead atoms. The van der Waals surface area contributed by atoms with Crippen molar-refractivity contribution in [2.45, 2.75) is 52.5 Å².